The molecule has 2 fully saturated rings. The van der Waals surface area contributed by atoms with E-state index >= 15 is 0 Å². The lowest BCUT2D eigenvalue weighted by atomic mass is 9.80. The van der Waals surface area contributed by atoms with Gasteiger partial charge in [0.2, 0.25) is 0 Å². The van der Waals surface area contributed by atoms with Gasteiger partial charge in [-0.05, 0) is 50.6 Å². The number of carbonyl (C=O) groups is 2. The fourth-order valence-corrected chi connectivity index (χ4v) is 3.49. The van der Waals surface area contributed by atoms with E-state index in [9.17, 15) is 9.59 Å². The molecule has 2 heterocycles. The molecule has 0 radical (unpaired) electrons. The number of benzene rings is 1. The van der Waals surface area contributed by atoms with Gasteiger partial charge in [0.15, 0.2) is 0 Å². The van der Waals surface area contributed by atoms with Crippen LogP contribution in [-0.2, 0) is 4.79 Å². The summed E-state index contributed by atoms with van der Waals surface area (Å²) in [5, 5.41) is 13.9. The Morgan fingerprint density at radius 3 is 2.76 bits per heavy atom. The minimum atomic E-state index is -0.830. The number of nitrogens with zero attached hydrogens (tertiary/aromatic N) is 2. The van der Waals surface area contributed by atoms with Crippen LogP contribution in [0.25, 0.3) is 0 Å². The molecule has 0 spiro atoms. The van der Waals surface area contributed by atoms with Crippen LogP contribution in [0.2, 0.25) is 0 Å². The van der Waals surface area contributed by atoms with Crippen molar-refractivity contribution in [2.45, 2.75) is 25.3 Å². The highest BCUT2D eigenvalue weighted by molar-refractivity contribution is 6.06. The third kappa shape index (κ3) is 3.74. The van der Waals surface area contributed by atoms with Crippen LogP contribution < -0.4 is 15.4 Å². The Balaban J connectivity index is 1.51. The predicted molar refractivity (Wildman–Crippen MR) is 90.9 cm³/mol. The van der Waals surface area contributed by atoms with E-state index in [-0.39, 0.29) is 11.8 Å². The number of ether oxygens (including phenoxy) is 1. The number of carbonyl (C=O) groups excluding carboxylic acids is 2. The monoisotopic (exact) mass is 342 g/mol. The first kappa shape index (κ1) is 17.2. The third-order valence-corrected chi connectivity index (χ3v) is 5.05. The molecule has 0 unspecified atom stereocenters. The summed E-state index contributed by atoms with van der Waals surface area (Å²) in [5.41, 5.74) is -0.222. The van der Waals surface area contributed by atoms with Gasteiger partial charge < -0.3 is 10.1 Å². The van der Waals surface area contributed by atoms with Crippen molar-refractivity contribution < 1.29 is 14.3 Å². The second kappa shape index (κ2) is 7.11. The van der Waals surface area contributed by atoms with Crippen molar-refractivity contribution >= 4 is 11.9 Å². The van der Waals surface area contributed by atoms with Gasteiger partial charge >= 0.3 is 6.03 Å². The standard InChI is InChI=1S/C18H22N4O3/c1-18(16(23)20-17(24)21-18)14-3-2-8-22(12-14)9-10-25-15-6-4-13(11-19)5-7-15/h4-7,14H,2-3,8-10,12H2,1H3,(H2,20,21,23,24)/t14-,18-/m0/s1. The minimum absolute atomic E-state index is 0.0858. The largest absolute Gasteiger partial charge is 0.492 e. The van der Waals surface area contributed by atoms with Crippen LogP contribution in [0, 0.1) is 17.2 Å². The molecule has 7 nitrogen and oxygen atoms in total. The van der Waals surface area contributed by atoms with E-state index in [2.05, 4.69) is 21.6 Å². The first-order valence-corrected chi connectivity index (χ1v) is 8.50. The van der Waals surface area contributed by atoms with Gasteiger partial charge in [-0.3, -0.25) is 15.0 Å². The van der Waals surface area contributed by atoms with Gasteiger partial charge in [-0.2, -0.15) is 5.26 Å². The normalized spacial score (nSPS) is 26.6. The molecule has 2 aliphatic heterocycles. The molecule has 2 N–H and O–H groups in total. The molecule has 3 rings (SSSR count). The second-order valence-electron chi connectivity index (χ2n) is 6.74. The quantitative estimate of drug-likeness (QED) is 0.785. The predicted octanol–water partition coefficient (Wildman–Crippen LogP) is 1.25. The molecule has 0 aliphatic carbocycles. The molecule has 1 aromatic carbocycles. The third-order valence-electron chi connectivity index (χ3n) is 5.05. The summed E-state index contributed by atoms with van der Waals surface area (Å²) < 4.78 is 5.73. The van der Waals surface area contributed by atoms with Crippen molar-refractivity contribution in [2.24, 2.45) is 5.92 Å². The number of amides is 3. The molecule has 0 saturated carbocycles. The Morgan fingerprint density at radius 1 is 1.36 bits per heavy atom. The van der Waals surface area contributed by atoms with Gasteiger partial charge in [0.05, 0.1) is 11.6 Å². The molecule has 0 bridgehead atoms. The summed E-state index contributed by atoms with van der Waals surface area (Å²) in [6, 6.07) is 8.71. The lowest BCUT2D eigenvalue weighted by Gasteiger charge is -2.39. The molecule has 132 valence electrons. The smallest absolute Gasteiger partial charge is 0.322 e. The van der Waals surface area contributed by atoms with E-state index in [0.717, 1.165) is 38.2 Å². The number of hydrogen-bond donors (Lipinski definition) is 2. The van der Waals surface area contributed by atoms with Crippen molar-refractivity contribution in [1.82, 2.24) is 15.5 Å². The van der Waals surface area contributed by atoms with Crippen molar-refractivity contribution in [3.05, 3.63) is 29.8 Å². The number of imide groups is 1. The number of hydrogen-bond acceptors (Lipinski definition) is 5. The maximum absolute atomic E-state index is 12.1. The van der Waals surface area contributed by atoms with Gasteiger partial charge in [-0.15, -0.1) is 0 Å². The maximum Gasteiger partial charge on any atom is 0.322 e. The fraction of sp³-hybridized carbons (Fsp3) is 0.500. The van der Waals surface area contributed by atoms with E-state index in [4.69, 9.17) is 10.00 Å². The highest BCUT2D eigenvalue weighted by Gasteiger charge is 2.48. The zero-order valence-corrected chi connectivity index (χ0v) is 14.2. The van der Waals surface area contributed by atoms with Crippen molar-refractivity contribution in [3.8, 4) is 11.8 Å². The SMILES string of the molecule is C[C@@]1([C@H]2CCCN(CCOc3ccc(C#N)cc3)C2)NC(=O)NC1=O. The van der Waals surface area contributed by atoms with Crippen molar-refractivity contribution in [2.75, 3.05) is 26.2 Å². The Hall–Kier alpha value is -2.59. The fourth-order valence-electron chi connectivity index (χ4n) is 3.49. The average molecular weight is 342 g/mol. The summed E-state index contributed by atoms with van der Waals surface area (Å²) in [7, 11) is 0. The van der Waals surface area contributed by atoms with Crippen LogP contribution >= 0.6 is 0 Å². The Labute approximate surface area is 146 Å². The lowest BCUT2D eigenvalue weighted by Crippen LogP contribution is -2.56. The van der Waals surface area contributed by atoms with Gasteiger partial charge in [-0.1, -0.05) is 0 Å². The first-order chi connectivity index (χ1) is 12.0. The molecule has 0 aromatic heterocycles. The topological polar surface area (TPSA) is 94.5 Å². The van der Waals surface area contributed by atoms with Crippen LogP contribution in [0.4, 0.5) is 4.79 Å². The second-order valence-corrected chi connectivity index (χ2v) is 6.74. The summed E-state index contributed by atoms with van der Waals surface area (Å²) in [6.07, 6.45) is 1.90. The molecule has 3 amide bonds. The van der Waals surface area contributed by atoms with E-state index in [1.807, 2.05) is 0 Å². The summed E-state index contributed by atoms with van der Waals surface area (Å²) in [5.74, 6) is 0.586. The molecular weight excluding hydrogens is 320 g/mol. The maximum atomic E-state index is 12.1. The van der Waals surface area contributed by atoms with Crippen LogP contribution in [0.5, 0.6) is 5.75 Å². The van der Waals surface area contributed by atoms with Crippen LogP contribution in [0.1, 0.15) is 25.3 Å². The van der Waals surface area contributed by atoms with Gasteiger partial charge in [-0.25, -0.2) is 4.79 Å². The lowest BCUT2D eigenvalue weighted by molar-refractivity contribution is -0.126. The Bertz CT molecular complexity index is 697. The van der Waals surface area contributed by atoms with E-state index in [0.29, 0.717) is 12.2 Å². The van der Waals surface area contributed by atoms with Crippen LogP contribution in [-0.4, -0.2) is 48.6 Å². The Kier molecular flexibility index (Phi) is 4.91. The van der Waals surface area contributed by atoms with Crippen molar-refractivity contribution in [3.63, 3.8) is 0 Å². The number of urea groups is 1. The number of likely N-dealkylation sites (tertiary alicyclic amines) is 1. The van der Waals surface area contributed by atoms with Gasteiger partial charge in [0, 0.05) is 19.0 Å². The number of nitriles is 1. The zero-order valence-electron chi connectivity index (χ0n) is 14.2. The molecule has 25 heavy (non-hydrogen) atoms. The summed E-state index contributed by atoms with van der Waals surface area (Å²) >= 11 is 0. The minimum Gasteiger partial charge on any atom is -0.492 e. The van der Waals surface area contributed by atoms with E-state index in [1.54, 1.807) is 31.2 Å². The molecule has 2 saturated heterocycles. The molecule has 2 atom stereocenters. The molecular formula is C18H22N4O3. The van der Waals surface area contributed by atoms with Gasteiger partial charge in [0.1, 0.15) is 17.9 Å². The highest BCUT2D eigenvalue weighted by atomic mass is 16.5. The molecule has 2 aliphatic rings. The molecule has 1 aromatic rings. The number of rotatable bonds is 5. The molecule has 7 heteroatoms. The van der Waals surface area contributed by atoms with Crippen LogP contribution in [0.15, 0.2) is 24.3 Å². The summed E-state index contributed by atoms with van der Waals surface area (Å²) in [4.78, 5) is 25.8. The summed E-state index contributed by atoms with van der Waals surface area (Å²) in [6.45, 7) is 4.80. The average Bonchev–Trinajstić information content (AvgIpc) is 2.89. The van der Waals surface area contributed by atoms with Crippen LogP contribution in [0.3, 0.4) is 0 Å². The first-order valence-electron chi connectivity index (χ1n) is 8.50. The van der Waals surface area contributed by atoms with E-state index < -0.39 is 11.6 Å². The highest BCUT2D eigenvalue weighted by Crippen LogP contribution is 2.29. The van der Waals surface area contributed by atoms with Gasteiger partial charge in [0.25, 0.3) is 5.91 Å². The number of piperidine rings is 1. The number of nitrogens with one attached hydrogen (secondary N) is 2. The van der Waals surface area contributed by atoms with Crippen molar-refractivity contribution in [1.29, 1.82) is 5.26 Å². The Morgan fingerprint density at radius 2 is 2.12 bits per heavy atom. The zero-order chi connectivity index (χ0) is 17.9. The van der Waals surface area contributed by atoms with E-state index in [1.165, 1.54) is 0 Å².